The van der Waals surface area contributed by atoms with Crippen LogP contribution in [0.25, 0.3) is 0 Å². The predicted molar refractivity (Wildman–Crippen MR) is 79.3 cm³/mol. The number of nitrogens with two attached hydrogens (primary N) is 1. The summed E-state index contributed by atoms with van der Waals surface area (Å²) in [6, 6.07) is 3.99. The molecular formula is C14H23NOS2. The molecule has 1 aromatic rings. The highest BCUT2D eigenvalue weighted by Crippen LogP contribution is 2.36. The molecule has 0 amide bonds. The van der Waals surface area contributed by atoms with Crippen LogP contribution in [0.3, 0.4) is 0 Å². The minimum atomic E-state index is -0.854. The molecule has 1 aliphatic rings. The standard InChI is InChI=1S/C14H23NOS2/c1-2-4-11-6-7-12(10-15)13(9-11)18(16)14-5-3-8-17-14/h3,5,8,11-13H,2,4,6-7,9-10,15H2,1H3. The molecule has 1 fully saturated rings. The first-order valence-corrected chi connectivity index (χ1v) is 8.99. The summed E-state index contributed by atoms with van der Waals surface area (Å²) in [7, 11) is -0.854. The Labute approximate surface area is 116 Å². The molecule has 4 heteroatoms. The van der Waals surface area contributed by atoms with Crippen LogP contribution in [-0.2, 0) is 10.8 Å². The third-order valence-electron chi connectivity index (χ3n) is 4.01. The minimum Gasteiger partial charge on any atom is -0.330 e. The molecule has 1 saturated carbocycles. The van der Waals surface area contributed by atoms with Crippen molar-refractivity contribution in [2.75, 3.05) is 6.54 Å². The molecule has 0 bridgehead atoms. The average molecular weight is 285 g/mol. The largest absolute Gasteiger partial charge is 0.330 e. The fraction of sp³-hybridized carbons (Fsp3) is 0.714. The lowest BCUT2D eigenvalue weighted by Crippen LogP contribution is -2.37. The zero-order valence-corrected chi connectivity index (χ0v) is 12.6. The first kappa shape index (κ1) is 14.2. The first-order chi connectivity index (χ1) is 8.76. The van der Waals surface area contributed by atoms with E-state index < -0.39 is 10.8 Å². The van der Waals surface area contributed by atoms with Crippen molar-refractivity contribution < 1.29 is 4.21 Å². The van der Waals surface area contributed by atoms with Crippen molar-refractivity contribution in [3.63, 3.8) is 0 Å². The Bertz CT molecular complexity index is 377. The Kier molecular flexibility index (Phi) is 5.39. The highest BCUT2D eigenvalue weighted by atomic mass is 32.2. The van der Waals surface area contributed by atoms with E-state index in [9.17, 15) is 4.21 Å². The fourth-order valence-corrected chi connectivity index (χ4v) is 5.92. The number of hydrogen-bond acceptors (Lipinski definition) is 3. The normalized spacial score (nSPS) is 30.2. The van der Waals surface area contributed by atoms with E-state index >= 15 is 0 Å². The summed E-state index contributed by atoms with van der Waals surface area (Å²) < 4.78 is 13.7. The van der Waals surface area contributed by atoms with Gasteiger partial charge in [-0.15, -0.1) is 11.3 Å². The zero-order valence-electron chi connectivity index (χ0n) is 11.0. The molecule has 0 aromatic carbocycles. The summed E-state index contributed by atoms with van der Waals surface area (Å²) in [5.74, 6) is 1.20. The molecule has 0 radical (unpaired) electrons. The van der Waals surface area contributed by atoms with Crippen LogP contribution < -0.4 is 5.73 Å². The van der Waals surface area contributed by atoms with E-state index in [4.69, 9.17) is 5.73 Å². The van der Waals surface area contributed by atoms with Gasteiger partial charge in [-0.2, -0.15) is 0 Å². The second-order valence-corrected chi connectivity index (χ2v) is 8.08. The van der Waals surface area contributed by atoms with Gasteiger partial charge in [0.1, 0.15) is 0 Å². The van der Waals surface area contributed by atoms with Crippen LogP contribution in [-0.4, -0.2) is 16.0 Å². The van der Waals surface area contributed by atoms with Gasteiger partial charge in [-0.1, -0.05) is 32.3 Å². The smallest absolute Gasteiger partial charge is 0.0913 e. The van der Waals surface area contributed by atoms with Gasteiger partial charge in [0.15, 0.2) is 0 Å². The third-order valence-corrected chi connectivity index (χ3v) is 7.11. The Morgan fingerprint density at radius 3 is 2.94 bits per heavy atom. The highest BCUT2D eigenvalue weighted by Gasteiger charge is 2.34. The molecular weight excluding hydrogens is 262 g/mol. The van der Waals surface area contributed by atoms with Crippen molar-refractivity contribution in [1.29, 1.82) is 0 Å². The average Bonchev–Trinajstić information content (AvgIpc) is 2.92. The van der Waals surface area contributed by atoms with Gasteiger partial charge < -0.3 is 5.73 Å². The lowest BCUT2D eigenvalue weighted by Gasteiger charge is -2.34. The molecule has 0 spiro atoms. The molecule has 102 valence electrons. The van der Waals surface area contributed by atoms with Crippen molar-refractivity contribution in [1.82, 2.24) is 0 Å². The van der Waals surface area contributed by atoms with Crippen molar-refractivity contribution in [2.24, 2.45) is 17.6 Å². The number of rotatable bonds is 5. The van der Waals surface area contributed by atoms with Gasteiger partial charge >= 0.3 is 0 Å². The quantitative estimate of drug-likeness (QED) is 0.901. The Morgan fingerprint density at radius 1 is 1.50 bits per heavy atom. The highest BCUT2D eigenvalue weighted by molar-refractivity contribution is 7.87. The summed E-state index contributed by atoms with van der Waals surface area (Å²) >= 11 is 1.61. The van der Waals surface area contributed by atoms with Gasteiger partial charge in [0.2, 0.25) is 0 Å². The molecule has 1 heterocycles. The maximum atomic E-state index is 12.6. The molecule has 1 aliphatic carbocycles. The summed E-state index contributed by atoms with van der Waals surface area (Å²) in [5, 5.41) is 2.29. The lowest BCUT2D eigenvalue weighted by molar-refractivity contribution is 0.272. The van der Waals surface area contributed by atoms with Crippen molar-refractivity contribution in [2.45, 2.75) is 48.5 Å². The lowest BCUT2D eigenvalue weighted by atomic mass is 9.80. The van der Waals surface area contributed by atoms with Crippen LogP contribution in [0.2, 0.25) is 0 Å². The van der Waals surface area contributed by atoms with Crippen LogP contribution >= 0.6 is 11.3 Å². The van der Waals surface area contributed by atoms with E-state index in [0.29, 0.717) is 12.5 Å². The molecule has 1 aromatic heterocycles. The molecule has 2 nitrogen and oxygen atoms in total. The molecule has 2 N–H and O–H groups in total. The van der Waals surface area contributed by atoms with E-state index in [1.54, 1.807) is 11.3 Å². The van der Waals surface area contributed by atoms with E-state index in [-0.39, 0.29) is 5.25 Å². The maximum Gasteiger partial charge on any atom is 0.0913 e. The maximum absolute atomic E-state index is 12.6. The molecule has 0 aliphatic heterocycles. The van der Waals surface area contributed by atoms with Crippen molar-refractivity contribution >= 4 is 22.1 Å². The second kappa shape index (κ2) is 6.83. The minimum absolute atomic E-state index is 0.277. The summed E-state index contributed by atoms with van der Waals surface area (Å²) in [6.45, 7) is 2.92. The van der Waals surface area contributed by atoms with Crippen molar-refractivity contribution in [3.05, 3.63) is 17.5 Å². The summed E-state index contributed by atoms with van der Waals surface area (Å²) in [5.41, 5.74) is 5.87. The van der Waals surface area contributed by atoms with Crippen LogP contribution in [0, 0.1) is 11.8 Å². The van der Waals surface area contributed by atoms with E-state index in [1.165, 1.54) is 19.3 Å². The van der Waals surface area contributed by atoms with Gasteiger partial charge in [0, 0.05) is 5.25 Å². The molecule has 2 rings (SSSR count). The number of hydrogen-bond donors (Lipinski definition) is 1. The van der Waals surface area contributed by atoms with E-state index in [0.717, 1.165) is 23.0 Å². The third kappa shape index (κ3) is 3.22. The van der Waals surface area contributed by atoms with Crippen LogP contribution in [0.15, 0.2) is 21.7 Å². The topological polar surface area (TPSA) is 43.1 Å². The first-order valence-electron chi connectivity index (χ1n) is 6.90. The molecule has 4 unspecified atom stereocenters. The van der Waals surface area contributed by atoms with Gasteiger partial charge in [0.05, 0.1) is 15.0 Å². The second-order valence-electron chi connectivity index (χ2n) is 5.23. The summed E-state index contributed by atoms with van der Waals surface area (Å²) in [6.07, 6.45) is 6.03. The fourth-order valence-electron chi connectivity index (χ4n) is 3.00. The van der Waals surface area contributed by atoms with Gasteiger partial charge in [-0.25, -0.2) is 0 Å². The Balaban J connectivity index is 2.08. The SMILES string of the molecule is CCCC1CCC(CN)C(S(=O)c2cccs2)C1. The van der Waals surface area contributed by atoms with E-state index in [2.05, 4.69) is 6.92 Å². The predicted octanol–water partition coefficient (Wildman–Crippen LogP) is 3.40. The monoisotopic (exact) mass is 285 g/mol. The van der Waals surface area contributed by atoms with Crippen LogP contribution in [0.4, 0.5) is 0 Å². The van der Waals surface area contributed by atoms with E-state index in [1.807, 2.05) is 17.5 Å². The summed E-state index contributed by atoms with van der Waals surface area (Å²) in [4.78, 5) is 0. The van der Waals surface area contributed by atoms with Gasteiger partial charge in [-0.05, 0) is 42.7 Å². The molecule has 4 atom stereocenters. The van der Waals surface area contributed by atoms with Crippen LogP contribution in [0.5, 0.6) is 0 Å². The van der Waals surface area contributed by atoms with Crippen molar-refractivity contribution in [3.8, 4) is 0 Å². The Morgan fingerprint density at radius 2 is 2.33 bits per heavy atom. The molecule has 0 saturated heterocycles. The van der Waals surface area contributed by atoms with Gasteiger partial charge in [-0.3, -0.25) is 4.21 Å². The zero-order chi connectivity index (χ0) is 13.0. The van der Waals surface area contributed by atoms with Gasteiger partial charge in [0.25, 0.3) is 0 Å². The molecule has 18 heavy (non-hydrogen) atoms. The Hall–Kier alpha value is -0.190. The number of thiophene rings is 1. The van der Waals surface area contributed by atoms with Crippen LogP contribution in [0.1, 0.15) is 39.0 Å².